The molecule has 3 aromatic heterocycles. The zero-order valence-electron chi connectivity index (χ0n) is 25.3. The van der Waals surface area contributed by atoms with Crippen molar-refractivity contribution in [3.8, 4) is 16.8 Å². The van der Waals surface area contributed by atoms with Crippen molar-refractivity contribution in [1.82, 2.24) is 9.55 Å². The largest absolute Gasteiger partial charge is 0.310 e. The van der Waals surface area contributed by atoms with E-state index in [1.165, 1.54) is 47.5 Å². The average molecular weight is 608 g/mol. The third-order valence-corrected chi connectivity index (χ3v) is 10.1. The number of nitrogens with zero attached hydrogens (tertiary/aromatic N) is 3. The molecule has 0 aliphatic heterocycles. The van der Waals surface area contributed by atoms with Crippen molar-refractivity contribution in [1.29, 1.82) is 0 Å². The number of fused-ring (bicyclic) bond motifs is 6. The van der Waals surface area contributed by atoms with Crippen LogP contribution >= 0.6 is 11.3 Å². The number of benzene rings is 6. The molecule has 0 atom stereocenters. The zero-order chi connectivity index (χ0) is 30.6. The second-order valence-corrected chi connectivity index (χ2v) is 12.8. The summed E-state index contributed by atoms with van der Waals surface area (Å²) >= 11 is 1.86. The van der Waals surface area contributed by atoms with Crippen LogP contribution in [-0.2, 0) is 0 Å². The SMILES string of the molecule is Cc1ccc(N(c2ccc3sc4ccccc4c3c2)c2cccc3c2c2ccccc2n3-c2ccc(-c3cccnc3)cc2)cc1. The molecule has 218 valence electrons. The summed E-state index contributed by atoms with van der Waals surface area (Å²) in [5, 5.41) is 5.05. The molecule has 9 rings (SSSR count). The number of hydrogen-bond donors (Lipinski definition) is 0. The maximum Gasteiger partial charge on any atom is 0.0562 e. The number of thiophene rings is 1. The minimum Gasteiger partial charge on any atom is -0.310 e. The standard InChI is InChI=1S/C42H29N3S/c1-28-15-19-31(20-16-28)44(33-23-24-41-36(26-33)34-9-3-5-14-40(34)46-41)38-12-6-13-39-42(38)35-10-2-4-11-37(35)45(39)32-21-17-29(18-22-32)30-8-7-25-43-27-30/h2-27H,1H3. The lowest BCUT2D eigenvalue weighted by Gasteiger charge is -2.27. The van der Waals surface area contributed by atoms with Gasteiger partial charge in [-0.1, -0.05) is 78.4 Å². The lowest BCUT2D eigenvalue weighted by Crippen LogP contribution is -2.10. The number of rotatable bonds is 5. The second-order valence-electron chi connectivity index (χ2n) is 11.8. The first-order valence-electron chi connectivity index (χ1n) is 15.5. The lowest BCUT2D eigenvalue weighted by molar-refractivity contribution is 1.18. The number of aromatic nitrogens is 2. The minimum atomic E-state index is 1.11. The lowest BCUT2D eigenvalue weighted by atomic mass is 10.1. The number of aryl methyl sites for hydroxylation is 1. The van der Waals surface area contributed by atoms with Gasteiger partial charge in [0, 0.05) is 60.4 Å². The Morgan fingerprint density at radius 1 is 0.565 bits per heavy atom. The van der Waals surface area contributed by atoms with Crippen molar-refractivity contribution in [2.45, 2.75) is 6.92 Å². The van der Waals surface area contributed by atoms with Crippen LogP contribution in [0.5, 0.6) is 0 Å². The molecule has 0 saturated heterocycles. The summed E-state index contributed by atoms with van der Waals surface area (Å²) in [6, 6.07) is 52.9. The predicted molar refractivity (Wildman–Crippen MR) is 196 cm³/mol. The Labute approximate surface area is 271 Å². The summed E-state index contributed by atoms with van der Waals surface area (Å²) in [5.74, 6) is 0. The fourth-order valence-corrected chi connectivity index (χ4v) is 7.86. The highest BCUT2D eigenvalue weighted by molar-refractivity contribution is 7.25. The smallest absolute Gasteiger partial charge is 0.0562 e. The Kier molecular flexibility index (Phi) is 6.22. The predicted octanol–water partition coefficient (Wildman–Crippen LogP) is 12.0. The van der Waals surface area contributed by atoms with Crippen LogP contribution in [-0.4, -0.2) is 9.55 Å². The molecule has 3 nitrogen and oxygen atoms in total. The van der Waals surface area contributed by atoms with E-state index < -0.39 is 0 Å². The highest BCUT2D eigenvalue weighted by Crippen LogP contribution is 2.45. The molecule has 6 aromatic carbocycles. The summed E-state index contributed by atoms with van der Waals surface area (Å²) in [5.41, 5.74) is 10.4. The third-order valence-electron chi connectivity index (χ3n) is 8.95. The van der Waals surface area contributed by atoms with Gasteiger partial charge in [0.05, 0.1) is 16.7 Å². The molecule has 0 fully saturated rings. The van der Waals surface area contributed by atoms with Gasteiger partial charge in [0.1, 0.15) is 0 Å². The van der Waals surface area contributed by atoms with E-state index >= 15 is 0 Å². The highest BCUT2D eigenvalue weighted by atomic mass is 32.1. The Balaban J connectivity index is 1.29. The first-order valence-corrected chi connectivity index (χ1v) is 16.4. The molecular formula is C42H29N3S. The van der Waals surface area contributed by atoms with Gasteiger partial charge in [0.15, 0.2) is 0 Å². The summed E-state index contributed by atoms with van der Waals surface area (Å²) < 4.78 is 5.01. The van der Waals surface area contributed by atoms with Crippen LogP contribution in [0, 0.1) is 6.92 Å². The fraction of sp³-hybridized carbons (Fsp3) is 0.0238. The number of para-hydroxylation sites is 1. The molecule has 0 N–H and O–H groups in total. The molecule has 4 heteroatoms. The molecular weight excluding hydrogens is 579 g/mol. The topological polar surface area (TPSA) is 21.1 Å². The van der Waals surface area contributed by atoms with Crippen molar-refractivity contribution >= 4 is 70.4 Å². The second kappa shape index (κ2) is 10.7. The normalized spacial score (nSPS) is 11.6. The van der Waals surface area contributed by atoms with Gasteiger partial charge >= 0.3 is 0 Å². The molecule has 9 aromatic rings. The van der Waals surface area contributed by atoms with Crippen LogP contribution in [0.15, 0.2) is 158 Å². The Bertz CT molecular complexity index is 2520. The van der Waals surface area contributed by atoms with Gasteiger partial charge in [-0.25, -0.2) is 0 Å². The summed E-state index contributed by atoms with van der Waals surface area (Å²) in [7, 11) is 0. The first kappa shape index (κ1) is 26.7. The Hall–Kier alpha value is -5.71. The van der Waals surface area contributed by atoms with Gasteiger partial charge < -0.3 is 9.47 Å². The fourth-order valence-electron chi connectivity index (χ4n) is 6.78. The first-order chi connectivity index (χ1) is 22.7. The molecule has 46 heavy (non-hydrogen) atoms. The number of anilines is 3. The number of hydrogen-bond acceptors (Lipinski definition) is 3. The average Bonchev–Trinajstić information content (AvgIpc) is 3.66. The molecule has 0 spiro atoms. The van der Waals surface area contributed by atoms with E-state index in [9.17, 15) is 0 Å². The van der Waals surface area contributed by atoms with Crippen LogP contribution in [0.3, 0.4) is 0 Å². The minimum absolute atomic E-state index is 1.11. The van der Waals surface area contributed by atoms with E-state index in [2.05, 4.69) is 161 Å². The molecule has 0 unspecified atom stereocenters. The van der Waals surface area contributed by atoms with Gasteiger partial charge in [-0.3, -0.25) is 4.98 Å². The van der Waals surface area contributed by atoms with Crippen molar-refractivity contribution in [2.75, 3.05) is 4.90 Å². The van der Waals surface area contributed by atoms with E-state index in [-0.39, 0.29) is 0 Å². The zero-order valence-corrected chi connectivity index (χ0v) is 26.1. The molecule has 0 bridgehead atoms. The van der Waals surface area contributed by atoms with Crippen LogP contribution < -0.4 is 4.90 Å². The van der Waals surface area contributed by atoms with Gasteiger partial charge in [-0.2, -0.15) is 0 Å². The van der Waals surface area contributed by atoms with Gasteiger partial charge in [0.2, 0.25) is 0 Å². The van der Waals surface area contributed by atoms with Crippen molar-refractivity contribution in [2.24, 2.45) is 0 Å². The van der Waals surface area contributed by atoms with E-state index in [0.29, 0.717) is 0 Å². The molecule has 0 amide bonds. The molecule has 0 aliphatic rings. The summed E-state index contributed by atoms with van der Waals surface area (Å²) in [6.07, 6.45) is 3.73. The van der Waals surface area contributed by atoms with Gasteiger partial charge in [-0.05, 0) is 90.8 Å². The third kappa shape index (κ3) is 4.30. The summed E-state index contributed by atoms with van der Waals surface area (Å²) in [4.78, 5) is 6.74. The highest BCUT2D eigenvalue weighted by Gasteiger charge is 2.21. The van der Waals surface area contributed by atoms with E-state index in [1.54, 1.807) is 0 Å². The molecule has 0 radical (unpaired) electrons. The monoisotopic (exact) mass is 607 g/mol. The van der Waals surface area contributed by atoms with Crippen molar-refractivity contribution in [3.05, 3.63) is 164 Å². The molecule has 0 aliphatic carbocycles. The van der Waals surface area contributed by atoms with Gasteiger partial charge in [0.25, 0.3) is 0 Å². The van der Waals surface area contributed by atoms with Crippen LogP contribution in [0.25, 0.3) is 58.8 Å². The summed E-state index contributed by atoms with van der Waals surface area (Å²) in [6.45, 7) is 2.14. The van der Waals surface area contributed by atoms with Gasteiger partial charge in [-0.15, -0.1) is 11.3 Å². The van der Waals surface area contributed by atoms with Crippen LogP contribution in [0.4, 0.5) is 17.1 Å². The Morgan fingerprint density at radius 3 is 2.13 bits per heavy atom. The maximum atomic E-state index is 4.32. The van der Waals surface area contributed by atoms with Crippen LogP contribution in [0.2, 0.25) is 0 Å². The molecule has 0 saturated carbocycles. The molecule has 3 heterocycles. The Morgan fingerprint density at radius 2 is 1.30 bits per heavy atom. The van der Waals surface area contributed by atoms with E-state index in [4.69, 9.17) is 0 Å². The van der Waals surface area contributed by atoms with Crippen LogP contribution in [0.1, 0.15) is 5.56 Å². The van der Waals surface area contributed by atoms with E-state index in [1.807, 2.05) is 29.8 Å². The maximum absolute atomic E-state index is 4.32. The van der Waals surface area contributed by atoms with E-state index in [0.717, 1.165) is 33.9 Å². The van der Waals surface area contributed by atoms with Crippen molar-refractivity contribution in [3.63, 3.8) is 0 Å². The quantitative estimate of drug-likeness (QED) is 0.194. The number of pyridine rings is 1. The van der Waals surface area contributed by atoms with Crippen molar-refractivity contribution < 1.29 is 0 Å².